The Morgan fingerprint density at radius 3 is 2.64 bits per heavy atom. The Morgan fingerprint density at radius 2 is 2.36 bits per heavy atom. The van der Waals surface area contributed by atoms with Gasteiger partial charge in [-0.2, -0.15) is 0 Å². The maximum Gasteiger partial charge on any atom is 0.223 e. The van der Waals surface area contributed by atoms with E-state index in [9.17, 15) is 4.79 Å². The fraction of sp³-hybridized carbons (Fsp3) is 0.875. The second kappa shape index (κ2) is 3.22. The normalized spacial score (nSPS) is 31.1. The van der Waals surface area contributed by atoms with Gasteiger partial charge in [-0.05, 0) is 12.3 Å². The van der Waals surface area contributed by atoms with Crippen molar-refractivity contribution in [3.05, 3.63) is 0 Å². The van der Waals surface area contributed by atoms with Gasteiger partial charge in [-0.1, -0.05) is 13.8 Å². The maximum absolute atomic E-state index is 11.2. The molecule has 0 aromatic rings. The number of hydrogen-bond acceptors (Lipinski definition) is 2. The van der Waals surface area contributed by atoms with E-state index in [1.807, 2.05) is 13.8 Å². The van der Waals surface area contributed by atoms with Crippen LogP contribution in [0.25, 0.3) is 0 Å². The van der Waals surface area contributed by atoms with Gasteiger partial charge in [0.25, 0.3) is 0 Å². The van der Waals surface area contributed by atoms with Crippen LogP contribution in [0.5, 0.6) is 0 Å². The van der Waals surface area contributed by atoms with E-state index < -0.39 is 0 Å². The average Bonchev–Trinajstić information content (AvgIpc) is 2.30. The highest BCUT2D eigenvalue weighted by Crippen LogP contribution is 2.22. The second-order valence-corrected chi connectivity index (χ2v) is 3.47. The molecule has 1 fully saturated rings. The van der Waals surface area contributed by atoms with Crippen molar-refractivity contribution < 1.29 is 9.90 Å². The van der Waals surface area contributed by atoms with Crippen molar-refractivity contribution in [3.8, 4) is 0 Å². The minimum atomic E-state index is -0.00472. The zero-order chi connectivity index (χ0) is 8.43. The summed E-state index contributed by atoms with van der Waals surface area (Å²) in [5, 5.41) is 11.5. The molecule has 1 rings (SSSR count). The van der Waals surface area contributed by atoms with Crippen molar-refractivity contribution in [1.82, 2.24) is 5.32 Å². The quantitative estimate of drug-likeness (QED) is 0.599. The molecule has 3 heteroatoms. The van der Waals surface area contributed by atoms with Gasteiger partial charge in [-0.3, -0.25) is 4.79 Å². The molecule has 1 saturated heterocycles. The number of rotatable bonds is 2. The monoisotopic (exact) mass is 157 g/mol. The molecule has 1 aliphatic heterocycles. The molecule has 2 atom stereocenters. The first-order chi connectivity index (χ1) is 5.15. The molecule has 1 aliphatic rings. The van der Waals surface area contributed by atoms with Crippen LogP contribution in [0.15, 0.2) is 0 Å². The zero-order valence-electron chi connectivity index (χ0n) is 7.00. The standard InChI is InChI=1S/C8H15NO2/c1-5(2)7-3-6(4-10)9-8(7)11/h5-7,10H,3-4H2,1-2H3,(H,9,11)/t6-,7?/m1/s1. The lowest BCUT2D eigenvalue weighted by Gasteiger charge is -2.09. The Balaban J connectivity index is 2.52. The SMILES string of the molecule is CC(C)C1C[C@H](CO)NC1=O. The van der Waals surface area contributed by atoms with Gasteiger partial charge in [-0.15, -0.1) is 0 Å². The largest absolute Gasteiger partial charge is 0.394 e. The van der Waals surface area contributed by atoms with Crippen molar-refractivity contribution in [2.75, 3.05) is 6.61 Å². The predicted molar refractivity (Wildman–Crippen MR) is 42.0 cm³/mol. The van der Waals surface area contributed by atoms with Gasteiger partial charge in [0.2, 0.25) is 5.91 Å². The van der Waals surface area contributed by atoms with Crippen LogP contribution in [0.3, 0.4) is 0 Å². The predicted octanol–water partition coefficient (Wildman–Crippen LogP) is 0.139. The average molecular weight is 157 g/mol. The summed E-state index contributed by atoms with van der Waals surface area (Å²) in [5.74, 6) is 0.581. The first-order valence-electron chi connectivity index (χ1n) is 4.06. The van der Waals surface area contributed by atoms with Crippen LogP contribution in [0.4, 0.5) is 0 Å². The number of carbonyl (C=O) groups excluding carboxylic acids is 1. The van der Waals surface area contributed by atoms with E-state index in [-0.39, 0.29) is 24.5 Å². The van der Waals surface area contributed by atoms with Crippen molar-refractivity contribution in [3.63, 3.8) is 0 Å². The summed E-state index contributed by atoms with van der Waals surface area (Å²) < 4.78 is 0. The Bertz CT molecular complexity index is 156. The summed E-state index contributed by atoms with van der Waals surface area (Å²) >= 11 is 0. The van der Waals surface area contributed by atoms with Crippen molar-refractivity contribution in [1.29, 1.82) is 0 Å². The van der Waals surface area contributed by atoms with E-state index in [0.717, 1.165) is 6.42 Å². The Morgan fingerprint density at radius 1 is 1.73 bits per heavy atom. The highest BCUT2D eigenvalue weighted by molar-refractivity contribution is 5.81. The molecule has 2 N–H and O–H groups in total. The maximum atomic E-state index is 11.2. The minimum Gasteiger partial charge on any atom is -0.394 e. The second-order valence-electron chi connectivity index (χ2n) is 3.47. The molecule has 0 radical (unpaired) electrons. The molecule has 1 heterocycles. The topological polar surface area (TPSA) is 49.3 Å². The molecule has 0 aliphatic carbocycles. The third-order valence-corrected chi connectivity index (χ3v) is 2.25. The third kappa shape index (κ3) is 1.71. The Kier molecular flexibility index (Phi) is 2.49. The summed E-state index contributed by atoms with van der Waals surface area (Å²) in [6.45, 7) is 4.13. The number of carbonyl (C=O) groups is 1. The van der Waals surface area contributed by atoms with E-state index >= 15 is 0 Å². The number of aliphatic hydroxyl groups excluding tert-OH is 1. The first-order valence-corrected chi connectivity index (χ1v) is 4.06. The van der Waals surface area contributed by atoms with Crippen LogP contribution in [0.1, 0.15) is 20.3 Å². The van der Waals surface area contributed by atoms with Crippen molar-refractivity contribution in [2.45, 2.75) is 26.3 Å². The van der Waals surface area contributed by atoms with Gasteiger partial charge < -0.3 is 10.4 Å². The highest BCUT2D eigenvalue weighted by atomic mass is 16.3. The Labute approximate surface area is 66.8 Å². The molecule has 3 nitrogen and oxygen atoms in total. The molecule has 0 aromatic carbocycles. The number of nitrogens with one attached hydrogen (secondary N) is 1. The van der Waals surface area contributed by atoms with E-state index in [4.69, 9.17) is 5.11 Å². The van der Waals surface area contributed by atoms with Gasteiger partial charge in [0, 0.05) is 5.92 Å². The van der Waals surface area contributed by atoms with E-state index in [1.165, 1.54) is 0 Å². The third-order valence-electron chi connectivity index (χ3n) is 2.25. The summed E-state index contributed by atoms with van der Waals surface area (Å²) in [7, 11) is 0. The number of amides is 1. The van der Waals surface area contributed by atoms with Crippen LogP contribution in [-0.2, 0) is 4.79 Å². The summed E-state index contributed by atoms with van der Waals surface area (Å²) in [4.78, 5) is 11.2. The molecule has 0 spiro atoms. The lowest BCUT2D eigenvalue weighted by Crippen LogP contribution is -2.29. The van der Waals surface area contributed by atoms with E-state index in [1.54, 1.807) is 0 Å². The van der Waals surface area contributed by atoms with Crippen LogP contribution >= 0.6 is 0 Å². The fourth-order valence-electron chi connectivity index (χ4n) is 1.48. The lowest BCUT2D eigenvalue weighted by atomic mass is 9.93. The molecule has 1 unspecified atom stereocenters. The summed E-state index contributed by atoms with van der Waals surface area (Å²) in [6.07, 6.45) is 0.785. The van der Waals surface area contributed by atoms with Crippen LogP contribution < -0.4 is 5.32 Å². The van der Waals surface area contributed by atoms with Gasteiger partial charge in [-0.25, -0.2) is 0 Å². The smallest absolute Gasteiger partial charge is 0.223 e. The molecule has 11 heavy (non-hydrogen) atoms. The van der Waals surface area contributed by atoms with Crippen LogP contribution in [0, 0.1) is 11.8 Å². The lowest BCUT2D eigenvalue weighted by molar-refractivity contribution is -0.123. The van der Waals surface area contributed by atoms with Crippen LogP contribution in [0.2, 0.25) is 0 Å². The molecule has 0 saturated carbocycles. The molecule has 0 aromatic heterocycles. The summed E-state index contributed by atoms with van der Waals surface area (Å²) in [6, 6.07) is -0.00472. The molecule has 1 amide bonds. The minimum absolute atomic E-state index is 0.00472. The summed E-state index contributed by atoms with van der Waals surface area (Å²) in [5.41, 5.74) is 0. The van der Waals surface area contributed by atoms with Gasteiger partial charge in [0.1, 0.15) is 0 Å². The molecular weight excluding hydrogens is 142 g/mol. The molecule has 64 valence electrons. The van der Waals surface area contributed by atoms with Crippen molar-refractivity contribution >= 4 is 5.91 Å². The zero-order valence-corrected chi connectivity index (χ0v) is 7.00. The molecular formula is C8H15NO2. The first kappa shape index (κ1) is 8.53. The van der Waals surface area contributed by atoms with E-state index in [0.29, 0.717) is 5.92 Å². The van der Waals surface area contributed by atoms with E-state index in [2.05, 4.69) is 5.32 Å². The Hall–Kier alpha value is -0.570. The number of hydrogen-bond donors (Lipinski definition) is 2. The van der Waals surface area contributed by atoms with Gasteiger partial charge in [0.05, 0.1) is 12.6 Å². The van der Waals surface area contributed by atoms with Crippen LogP contribution in [-0.4, -0.2) is 23.7 Å². The molecule has 0 bridgehead atoms. The van der Waals surface area contributed by atoms with Gasteiger partial charge in [0.15, 0.2) is 0 Å². The fourth-order valence-corrected chi connectivity index (χ4v) is 1.48. The van der Waals surface area contributed by atoms with Crippen molar-refractivity contribution in [2.24, 2.45) is 11.8 Å². The number of aliphatic hydroxyl groups is 1. The highest BCUT2D eigenvalue weighted by Gasteiger charge is 2.33. The van der Waals surface area contributed by atoms with Gasteiger partial charge >= 0.3 is 0 Å².